The van der Waals surface area contributed by atoms with E-state index < -0.39 is 0 Å². The zero-order chi connectivity index (χ0) is 22.3. The van der Waals surface area contributed by atoms with Crippen LogP contribution in [0.25, 0.3) is 0 Å². The maximum atomic E-state index is 12.5. The molecule has 0 aliphatic carbocycles. The van der Waals surface area contributed by atoms with Crippen molar-refractivity contribution in [1.29, 1.82) is 0 Å². The summed E-state index contributed by atoms with van der Waals surface area (Å²) >= 11 is 5.98. The Hall–Kier alpha value is -3.50. The van der Waals surface area contributed by atoms with E-state index in [0.717, 1.165) is 5.69 Å². The molecule has 0 unspecified atom stereocenters. The van der Waals surface area contributed by atoms with Gasteiger partial charge in [0, 0.05) is 29.9 Å². The van der Waals surface area contributed by atoms with Crippen molar-refractivity contribution in [2.75, 3.05) is 43.6 Å². The number of rotatable bonds is 7. The molecular weight excluding hydrogens is 434 g/mol. The second-order valence-electron chi connectivity index (χ2n) is 6.90. The van der Waals surface area contributed by atoms with Gasteiger partial charge in [-0.2, -0.15) is 4.98 Å². The lowest BCUT2D eigenvalue weighted by molar-refractivity contribution is 0.0945. The average Bonchev–Trinajstić information content (AvgIpc) is 2.84. The second kappa shape index (κ2) is 10.2. The van der Waals surface area contributed by atoms with Gasteiger partial charge >= 0.3 is 0 Å². The Balaban J connectivity index is 1.52. The summed E-state index contributed by atoms with van der Waals surface area (Å²) in [4.78, 5) is 31.9. The van der Waals surface area contributed by atoms with Gasteiger partial charge < -0.3 is 25.0 Å². The van der Waals surface area contributed by atoms with Crippen molar-refractivity contribution in [3.8, 4) is 5.88 Å². The predicted molar refractivity (Wildman–Crippen MR) is 120 cm³/mol. The molecule has 2 aromatic heterocycles. The summed E-state index contributed by atoms with van der Waals surface area (Å²) in [6.07, 6.45) is 2.76. The van der Waals surface area contributed by atoms with Crippen LogP contribution in [0, 0.1) is 0 Å². The van der Waals surface area contributed by atoms with Gasteiger partial charge in [-0.25, -0.2) is 15.0 Å². The van der Waals surface area contributed by atoms with Gasteiger partial charge in [0.15, 0.2) is 0 Å². The number of amides is 1. The van der Waals surface area contributed by atoms with Crippen molar-refractivity contribution in [2.24, 2.45) is 0 Å². The highest BCUT2D eigenvalue weighted by atomic mass is 35.5. The van der Waals surface area contributed by atoms with Crippen molar-refractivity contribution < 1.29 is 14.3 Å². The summed E-state index contributed by atoms with van der Waals surface area (Å²) in [7, 11) is 1.49. The fourth-order valence-corrected chi connectivity index (χ4v) is 3.15. The molecule has 0 radical (unpaired) electrons. The third-order valence-corrected chi connectivity index (χ3v) is 4.93. The maximum absolute atomic E-state index is 12.5. The van der Waals surface area contributed by atoms with E-state index in [-0.39, 0.29) is 18.1 Å². The number of methoxy groups -OCH3 is 1. The number of halogens is 1. The number of benzene rings is 1. The maximum Gasteiger partial charge on any atom is 0.271 e. The van der Waals surface area contributed by atoms with Gasteiger partial charge in [-0.05, 0) is 24.3 Å². The lowest BCUT2D eigenvalue weighted by atomic mass is 10.3. The van der Waals surface area contributed by atoms with E-state index in [2.05, 4.69) is 35.5 Å². The number of carbonyl (C=O) groups excluding carboxylic acids is 1. The smallest absolute Gasteiger partial charge is 0.271 e. The minimum atomic E-state index is -0.362. The van der Waals surface area contributed by atoms with Gasteiger partial charge in [0.25, 0.3) is 5.91 Å². The minimum absolute atomic E-state index is 0.188. The van der Waals surface area contributed by atoms with Gasteiger partial charge in [0.1, 0.15) is 11.5 Å². The molecule has 0 saturated carbocycles. The predicted octanol–water partition coefficient (Wildman–Crippen LogP) is 2.44. The quantitative estimate of drug-likeness (QED) is 0.554. The van der Waals surface area contributed by atoms with E-state index in [0.29, 0.717) is 54.7 Å². The summed E-state index contributed by atoms with van der Waals surface area (Å²) < 4.78 is 10.4. The van der Waals surface area contributed by atoms with Crippen LogP contribution in [0.3, 0.4) is 0 Å². The molecule has 0 atom stereocenters. The first kappa shape index (κ1) is 21.7. The normalized spacial score (nSPS) is 13.5. The van der Waals surface area contributed by atoms with Gasteiger partial charge in [0.05, 0.1) is 45.0 Å². The second-order valence-corrected chi connectivity index (χ2v) is 7.34. The molecule has 1 fully saturated rings. The van der Waals surface area contributed by atoms with Gasteiger partial charge in [-0.15, -0.1) is 0 Å². The van der Waals surface area contributed by atoms with Crippen molar-refractivity contribution in [1.82, 2.24) is 25.3 Å². The van der Waals surface area contributed by atoms with E-state index in [1.807, 2.05) is 12.1 Å². The molecule has 0 bridgehead atoms. The number of nitrogens with zero attached hydrogens (tertiary/aromatic N) is 5. The first-order chi connectivity index (χ1) is 15.6. The standard InChI is InChI=1S/C21H22ClN7O3/c1-31-19-13-23-17(12-24-19)20(30)25-11-16-10-18(26-15-4-2-14(22)3-5-15)28-21(27-16)29-6-8-32-9-7-29/h2-5,10,12-13H,6-9,11H2,1H3,(H,25,30)(H,26,27,28). The third kappa shape index (κ3) is 5.59. The number of aromatic nitrogens is 4. The molecule has 1 aliphatic heterocycles. The molecule has 3 aromatic rings. The minimum Gasteiger partial charge on any atom is -0.480 e. The summed E-state index contributed by atoms with van der Waals surface area (Å²) in [6, 6.07) is 9.11. The lowest BCUT2D eigenvalue weighted by Crippen LogP contribution is -2.37. The highest BCUT2D eigenvalue weighted by molar-refractivity contribution is 6.30. The van der Waals surface area contributed by atoms with E-state index in [1.54, 1.807) is 18.2 Å². The van der Waals surface area contributed by atoms with Gasteiger partial charge in [0.2, 0.25) is 11.8 Å². The zero-order valence-corrected chi connectivity index (χ0v) is 18.2. The zero-order valence-electron chi connectivity index (χ0n) is 17.4. The molecule has 1 aliphatic rings. The molecule has 0 spiro atoms. The highest BCUT2D eigenvalue weighted by Crippen LogP contribution is 2.21. The van der Waals surface area contributed by atoms with E-state index in [1.165, 1.54) is 19.5 Å². The van der Waals surface area contributed by atoms with Crippen molar-refractivity contribution in [2.45, 2.75) is 6.54 Å². The van der Waals surface area contributed by atoms with Crippen LogP contribution < -0.4 is 20.3 Å². The molecule has 10 nitrogen and oxygen atoms in total. The molecule has 4 rings (SSSR count). The number of morpholine rings is 1. The van der Waals surface area contributed by atoms with Gasteiger partial charge in [-0.3, -0.25) is 4.79 Å². The summed E-state index contributed by atoms with van der Waals surface area (Å²) in [5.74, 6) is 1.15. The average molecular weight is 456 g/mol. The number of ether oxygens (including phenoxy) is 2. The van der Waals surface area contributed by atoms with Crippen LogP contribution >= 0.6 is 11.6 Å². The Kier molecular flexibility index (Phi) is 6.93. The van der Waals surface area contributed by atoms with E-state index in [4.69, 9.17) is 21.1 Å². The highest BCUT2D eigenvalue weighted by Gasteiger charge is 2.17. The van der Waals surface area contributed by atoms with Crippen LogP contribution in [0.2, 0.25) is 5.02 Å². The Bertz CT molecular complexity index is 1060. The SMILES string of the molecule is COc1cnc(C(=O)NCc2cc(Nc3ccc(Cl)cc3)nc(N3CCOCC3)n2)cn1. The van der Waals surface area contributed by atoms with Crippen LogP contribution in [0.4, 0.5) is 17.5 Å². The molecule has 11 heteroatoms. The lowest BCUT2D eigenvalue weighted by Gasteiger charge is -2.27. The fraction of sp³-hybridized carbons (Fsp3) is 0.286. The molecule has 1 saturated heterocycles. The first-order valence-corrected chi connectivity index (χ1v) is 10.4. The van der Waals surface area contributed by atoms with Crippen LogP contribution in [0.1, 0.15) is 16.2 Å². The largest absolute Gasteiger partial charge is 0.480 e. The molecule has 2 N–H and O–H groups in total. The van der Waals surface area contributed by atoms with Crippen LogP contribution in [0.5, 0.6) is 5.88 Å². The molecule has 1 aromatic carbocycles. The Morgan fingerprint density at radius 2 is 1.94 bits per heavy atom. The van der Waals surface area contributed by atoms with Crippen LogP contribution in [-0.4, -0.2) is 59.3 Å². The van der Waals surface area contributed by atoms with Crippen molar-refractivity contribution >= 4 is 35.0 Å². The Morgan fingerprint density at radius 3 is 2.62 bits per heavy atom. The summed E-state index contributed by atoms with van der Waals surface area (Å²) in [5, 5.41) is 6.74. The topological polar surface area (TPSA) is 114 Å². The van der Waals surface area contributed by atoms with Crippen LogP contribution in [-0.2, 0) is 11.3 Å². The number of hydrogen-bond acceptors (Lipinski definition) is 9. The number of nitrogens with one attached hydrogen (secondary N) is 2. The molecule has 166 valence electrons. The first-order valence-electron chi connectivity index (χ1n) is 9.98. The molecular formula is C21H22ClN7O3. The van der Waals surface area contributed by atoms with Crippen molar-refractivity contribution in [3.05, 3.63) is 59.1 Å². The number of carbonyl (C=O) groups is 1. The molecule has 3 heterocycles. The Labute approximate surface area is 190 Å². The van der Waals surface area contributed by atoms with E-state index in [9.17, 15) is 4.79 Å². The summed E-state index contributed by atoms with van der Waals surface area (Å²) in [6.45, 7) is 2.80. The molecule has 1 amide bonds. The molecule has 32 heavy (non-hydrogen) atoms. The van der Waals surface area contributed by atoms with Crippen molar-refractivity contribution in [3.63, 3.8) is 0 Å². The van der Waals surface area contributed by atoms with Gasteiger partial charge in [-0.1, -0.05) is 11.6 Å². The fourth-order valence-electron chi connectivity index (χ4n) is 3.02. The monoisotopic (exact) mass is 455 g/mol. The number of anilines is 3. The third-order valence-electron chi connectivity index (χ3n) is 4.68. The number of hydrogen-bond donors (Lipinski definition) is 2. The van der Waals surface area contributed by atoms with E-state index >= 15 is 0 Å². The summed E-state index contributed by atoms with van der Waals surface area (Å²) in [5.41, 5.74) is 1.67. The Morgan fingerprint density at radius 1 is 1.16 bits per heavy atom. The van der Waals surface area contributed by atoms with Crippen LogP contribution in [0.15, 0.2) is 42.7 Å².